The number of halogens is 3. The van der Waals surface area contributed by atoms with Crippen LogP contribution in [0.4, 0.5) is 0 Å². The fourth-order valence-corrected chi connectivity index (χ4v) is 4.39. The molecule has 0 fully saturated rings. The largest absolute Gasteiger partial charge is 0.242 e. The molecule has 0 spiro atoms. The molecule has 1 aromatic carbocycles. The lowest BCUT2D eigenvalue weighted by molar-refractivity contribution is 0.559. The Bertz CT molecular complexity index is 489. The first-order valence-corrected chi connectivity index (χ1v) is 8.71. The zero-order chi connectivity index (χ0) is 13.1. The van der Waals surface area contributed by atoms with E-state index >= 15 is 0 Å². The lowest BCUT2D eigenvalue weighted by Crippen LogP contribution is -2.35. The Morgan fingerprint density at radius 2 is 2.12 bits per heavy atom. The summed E-state index contributed by atoms with van der Waals surface area (Å²) >= 11 is 12.4. The maximum absolute atomic E-state index is 12.1. The lowest BCUT2D eigenvalue weighted by Gasteiger charge is -2.15. The maximum Gasteiger partial charge on any atom is 0.242 e. The standard InChI is InChI=1S/C10H12Br2ClNO2S/c1-2-8(6-11)14-17(15,16)10-4-3-7(12)5-9(10)13/h3-5,8,14H,2,6H2,1H3. The van der Waals surface area contributed by atoms with Crippen molar-refractivity contribution in [2.45, 2.75) is 24.3 Å². The van der Waals surface area contributed by atoms with E-state index in [1.165, 1.54) is 6.07 Å². The second-order valence-corrected chi connectivity index (χ2v) is 7.11. The van der Waals surface area contributed by atoms with Crippen LogP contribution in [0, 0.1) is 0 Å². The van der Waals surface area contributed by atoms with Gasteiger partial charge in [0.25, 0.3) is 0 Å². The van der Waals surface area contributed by atoms with Crippen molar-refractivity contribution >= 4 is 53.5 Å². The molecule has 0 radical (unpaired) electrons. The molecular formula is C10H12Br2ClNO2S. The molecule has 17 heavy (non-hydrogen) atoms. The highest BCUT2D eigenvalue weighted by molar-refractivity contribution is 9.10. The van der Waals surface area contributed by atoms with Crippen molar-refractivity contribution in [3.8, 4) is 0 Å². The molecule has 0 amide bonds. The van der Waals surface area contributed by atoms with Crippen LogP contribution in [0.15, 0.2) is 27.6 Å². The van der Waals surface area contributed by atoms with Gasteiger partial charge in [-0.3, -0.25) is 0 Å². The Kier molecular flexibility index (Phi) is 5.92. The van der Waals surface area contributed by atoms with E-state index < -0.39 is 10.0 Å². The van der Waals surface area contributed by atoms with E-state index in [1.54, 1.807) is 12.1 Å². The molecule has 0 heterocycles. The number of hydrogen-bond acceptors (Lipinski definition) is 2. The monoisotopic (exact) mass is 403 g/mol. The van der Waals surface area contributed by atoms with Crippen LogP contribution in [0.1, 0.15) is 13.3 Å². The molecule has 0 aromatic heterocycles. The number of hydrogen-bond donors (Lipinski definition) is 1. The third-order valence-electron chi connectivity index (χ3n) is 2.18. The Labute approximate surface area is 123 Å². The van der Waals surface area contributed by atoms with Crippen molar-refractivity contribution in [3.63, 3.8) is 0 Å². The summed E-state index contributed by atoms with van der Waals surface area (Å²) in [5.74, 6) is 0. The Balaban J connectivity index is 3.05. The summed E-state index contributed by atoms with van der Waals surface area (Å²) in [4.78, 5) is 0.0989. The zero-order valence-electron chi connectivity index (χ0n) is 9.08. The van der Waals surface area contributed by atoms with Gasteiger partial charge in [-0.1, -0.05) is 50.4 Å². The van der Waals surface area contributed by atoms with Gasteiger partial charge < -0.3 is 0 Å². The fourth-order valence-electron chi connectivity index (χ4n) is 1.20. The maximum atomic E-state index is 12.1. The van der Waals surface area contributed by atoms with Gasteiger partial charge in [-0.2, -0.15) is 0 Å². The van der Waals surface area contributed by atoms with Gasteiger partial charge in [0.1, 0.15) is 4.90 Å². The van der Waals surface area contributed by atoms with E-state index in [-0.39, 0.29) is 16.0 Å². The average molecular weight is 406 g/mol. The molecule has 1 rings (SSSR count). The summed E-state index contributed by atoms with van der Waals surface area (Å²) in [6.07, 6.45) is 0.707. The summed E-state index contributed by atoms with van der Waals surface area (Å²) in [5.41, 5.74) is 0. The predicted molar refractivity (Wildman–Crippen MR) is 77.3 cm³/mol. The Hall–Kier alpha value is 0.380. The highest BCUT2D eigenvalue weighted by atomic mass is 79.9. The number of alkyl halides is 1. The molecule has 0 aliphatic carbocycles. The molecule has 0 saturated carbocycles. The van der Waals surface area contributed by atoms with Crippen LogP contribution in [-0.4, -0.2) is 19.8 Å². The zero-order valence-corrected chi connectivity index (χ0v) is 13.8. The van der Waals surface area contributed by atoms with Gasteiger partial charge in [-0.25, -0.2) is 13.1 Å². The number of nitrogens with one attached hydrogen (secondary N) is 1. The highest BCUT2D eigenvalue weighted by Gasteiger charge is 2.21. The first kappa shape index (κ1) is 15.4. The van der Waals surface area contributed by atoms with Gasteiger partial charge in [0.15, 0.2) is 0 Å². The van der Waals surface area contributed by atoms with Crippen LogP contribution in [0.2, 0.25) is 5.02 Å². The molecule has 1 aromatic rings. The third-order valence-corrected chi connectivity index (χ3v) is 5.46. The summed E-state index contributed by atoms with van der Waals surface area (Å²) in [7, 11) is -3.56. The molecule has 0 aliphatic heterocycles. The van der Waals surface area contributed by atoms with E-state index in [0.717, 1.165) is 4.47 Å². The minimum Gasteiger partial charge on any atom is -0.207 e. The number of rotatable bonds is 5. The van der Waals surface area contributed by atoms with Gasteiger partial charge in [-0.05, 0) is 24.6 Å². The highest BCUT2D eigenvalue weighted by Crippen LogP contribution is 2.25. The summed E-state index contributed by atoms with van der Waals surface area (Å²) in [6, 6.07) is 4.55. The van der Waals surface area contributed by atoms with E-state index in [0.29, 0.717) is 11.8 Å². The van der Waals surface area contributed by atoms with Crippen molar-refractivity contribution < 1.29 is 8.42 Å². The first-order valence-electron chi connectivity index (χ1n) is 4.94. The molecule has 7 heteroatoms. The molecule has 0 bridgehead atoms. The van der Waals surface area contributed by atoms with Gasteiger partial charge in [-0.15, -0.1) is 0 Å². The van der Waals surface area contributed by atoms with E-state index in [2.05, 4.69) is 36.6 Å². The number of sulfonamides is 1. The predicted octanol–water partition coefficient (Wildman–Crippen LogP) is 3.55. The Morgan fingerprint density at radius 1 is 1.47 bits per heavy atom. The molecular weight excluding hydrogens is 393 g/mol. The summed E-state index contributed by atoms with van der Waals surface area (Å²) in [6.45, 7) is 1.91. The smallest absolute Gasteiger partial charge is 0.207 e. The van der Waals surface area contributed by atoms with Crippen molar-refractivity contribution in [1.29, 1.82) is 0 Å². The van der Waals surface area contributed by atoms with Crippen molar-refractivity contribution in [2.75, 3.05) is 5.33 Å². The molecule has 1 unspecified atom stereocenters. The second kappa shape index (κ2) is 6.52. The topological polar surface area (TPSA) is 46.2 Å². The van der Waals surface area contributed by atoms with Crippen LogP contribution in [0.5, 0.6) is 0 Å². The van der Waals surface area contributed by atoms with E-state index in [1.807, 2.05) is 6.92 Å². The summed E-state index contributed by atoms with van der Waals surface area (Å²) in [5, 5.41) is 0.771. The molecule has 0 saturated heterocycles. The normalized spacial score (nSPS) is 13.6. The lowest BCUT2D eigenvalue weighted by atomic mass is 10.3. The minimum absolute atomic E-state index is 0.0989. The van der Waals surface area contributed by atoms with E-state index in [9.17, 15) is 8.42 Å². The molecule has 3 nitrogen and oxygen atoms in total. The molecule has 1 atom stereocenters. The SMILES string of the molecule is CCC(CBr)NS(=O)(=O)c1ccc(Br)cc1Cl. The molecule has 96 valence electrons. The van der Waals surface area contributed by atoms with Gasteiger partial charge in [0, 0.05) is 15.8 Å². The van der Waals surface area contributed by atoms with E-state index in [4.69, 9.17) is 11.6 Å². The van der Waals surface area contributed by atoms with Gasteiger partial charge >= 0.3 is 0 Å². The van der Waals surface area contributed by atoms with Crippen LogP contribution >= 0.6 is 43.5 Å². The fraction of sp³-hybridized carbons (Fsp3) is 0.400. The number of benzene rings is 1. The quantitative estimate of drug-likeness (QED) is 0.762. The third kappa shape index (κ3) is 4.21. The molecule has 0 aliphatic rings. The summed E-state index contributed by atoms with van der Waals surface area (Å²) < 4.78 is 27.5. The van der Waals surface area contributed by atoms with Crippen molar-refractivity contribution in [3.05, 3.63) is 27.7 Å². The van der Waals surface area contributed by atoms with Gasteiger partial charge in [0.05, 0.1) is 5.02 Å². The second-order valence-electron chi connectivity index (χ2n) is 3.46. The Morgan fingerprint density at radius 3 is 2.59 bits per heavy atom. The van der Waals surface area contributed by atoms with Crippen LogP contribution in [-0.2, 0) is 10.0 Å². The minimum atomic E-state index is -3.56. The van der Waals surface area contributed by atoms with Crippen LogP contribution < -0.4 is 4.72 Å². The van der Waals surface area contributed by atoms with Crippen LogP contribution in [0.3, 0.4) is 0 Å². The average Bonchev–Trinajstić information content (AvgIpc) is 2.25. The van der Waals surface area contributed by atoms with Crippen molar-refractivity contribution in [2.24, 2.45) is 0 Å². The first-order chi connectivity index (χ1) is 7.90. The van der Waals surface area contributed by atoms with Gasteiger partial charge in [0.2, 0.25) is 10.0 Å². The van der Waals surface area contributed by atoms with Crippen molar-refractivity contribution in [1.82, 2.24) is 4.72 Å². The van der Waals surface area contributed by atoms with Crippen LogP contribution in [0.25, 0.3) is 0 Å². The molecule has 1 N–H and O–H groups in total.